The van der Waals surface area contributed by atoms with Gasteiger partial charge in [0.05, 0.1) is 0 Å². The van der Waals surface area contributed by atoms with Crippen LogP contribution in [0.1, 0.15) is 52.0 Å². The second-order valence-electron chi connectivity index (χ2n) is 3.10. The van der Waals surface area contributed by atoms with Gasteiger partial charge >= 0.3 is 0 Å². The molecule has 1 aromatic rings. The smallest absolute Gasteiger partial charge is 0.115 e. The molecule has 0 atom stereocenters. The molecule has 1 heteroatoms. The van der Waals surface area contributed by atoms with E-state index in [9.17, 15) is 0 Å². The predicted molar refractivity (Wildman–Crippen MR) is 62.8 cm³/mol. The van der Waals surface area contributed by atoms with E-state index in [4.69, 9.17) is 5.11 Å². The van der Waals surface area contributed by atoms with E-state index in [0.29, 0.717) is 11.7 Å². The van der Waals surface area contributed by atoms with Crippen LogP contribution in [0.25, 0.3) is 0 Å². The van der Waals surface area contributed by atoms with Crippen molar-refractivity contribution in [1.82, 2.24) is 0 Å². The molecule has 1 aromatic carbocycles. The van der Waals surface area contributed by atoms with Gasteiger partial charge in [0.1, 0.15) is 5.75 Å². The molecule has 0 saturated carbocycles. The molecular weight excluding hydrogens is 172 g/mol. The highest BCUT2D eigenvalue weighted by Crippen LogP contribution is 2.24. The summed E-state index contributed by atoms with van der Waals surface area (Å²) in [5, 5.41) is 9.08. The van der Waals surface area contributed by atoms with E-state index in [1.54, 1.807) is 12.1 Å². The van der Waals surface area contributed by atoms with Crippen LogP contribution < -0.4 is 0 Å². The standard InChI is InChI=1S/C11H16O.C2H6/c1-3-9(4-2)10-5-7-11(12)8-6-10;1-2/h5-9,12H,3-4H2,1-2H3;1-2H3. The molecule has 1 N–H and O–H groups in total. The van der Waals surface area contributed by atoms with Crippen molar-refractivity contribution >= 4 is 0 Å². The maximum atomic E-state index is 9.08. The summed E-state index contributed by atoms with van der Waals surface area (Å²) in [7, 11) is 0. The van der Waals surface area contributed by atoms with Gasteiger partial charge in [-0.3, -0.25) is 0 Å². The Balaban J connectivity index is 0.000000791. The summed E-state index contributed by atoms with van der Waals surface area (Å²) < 4.78 is 0. The minimum Gasteiger partial charge on any atom is -0.508 e. The number of aromatic hydroxyl groups is 1. The molecule has 0 heterocycles. The molecule has 0 aliphatic heterocycles. The maximum Gasteiger partial charge on any atom is 0.115 e. The van der Waals surface area contributed by atoms with Crippen LogP contribution in [0.3, 0.4) is 0 Å². The van der Waals surface area contributed by atoms with E-state index in [2.05, 4.69) is 13.8 Å². The maximum absolute atomic E-state index is 9.08. The van der Waals surface area contributed by atoms with E-state index < -0.39 is 0 Å². The molecule has 0 saturated heterocycles. The number of hydrogen-bond acceptors (Lipinski definition) is 1. The third-order valence-electron chi connectivity index (χ3n) is 2.35. The van der Waals surface area contributed by atoms with E-state index in [1.165, 1.54) is 18.4 Å². The van der Waals surface area contributed by atoms with Crippen molar-refractivity contribution < 1.29 is 5.11 Å². The molecule has 0 spiro atoms. The Labute approximate surface area is 87.8 Å². The lowest BCUT2D eigenvalue weighted by molar-refractivity contribution is 0.474. The predicted octanol–water partition coefficient (Wildman–Crippen LogP) is 4.32. The number of benzene rings is 1. The van der Waals surface area contributed by atoms with E-state index in [-0.39, 0.29) is 0 Å². The zero-order chi connectivity index (χ0) is 11.0. The molecule has 0 aromatic heterocycles. The third kappa shape index (κ3) is 3.82. The van der Waals surface area contributed by atoms with Crippen molar-refractivity contribution in [1.29, 1.82) is 0 Å². The summed E-state index contributed by atoms with van der Waals surface area (Å²) in [4.78, 5) is 0. The van der Waals surface area contributed by atoms with Crippen LogP contribution in [-0.4, -0.2) is 5.11 Å². The van der Waals surface area contributed by atoms with E-state index in [1.807, 2.05) is 26.0 Å². The normalized spacial score (nSPS) is 9.50. The highest BCUT2D eigenvalue weighted by atomic mass is 16.3. The summed E-state index contributed by atoms with van der Waals surface area (Å²) in [6.07, 6.45) is 2.34. The molecular formula is C13H22O. The van der Waals surface area contributed by atoms with Crippen molar-refractivity contribution in [2.75, 3.05) is 0 Å². The largest absolute Gasteiger partial charge is 0.508 e. The lowest BCUT2D eigenvalue weighted by Gasteiger charge is -2.11. The van der Waals surface area contributed by atoms with Crippen molar-refractivity contribution in [3.05, 3.63) is 29.8 Å². The Hall–Kier alpha value is -0.980. The fraction of sp³-hybridized carbons (Fsp3) is 0.538. The van der Waals surface area contributed by atoms with Crippen LogP contribution >= 0.6 is 0 Å². The molecule has 1 nitrogen and oxygen atoms in total. The van der Waals surface area contributed by atoms with Crippen LogP contribution in [0.15, 0.2) is 24.3 Å². The molecule has 1 rings (SSSR count). The second kappa shape index (κ2) is 7.43. The second-order valence-corrected chi connectivity index (χ2v) is 3.10. The van der Waals surface area contributed by atoms with Gasteiger partial charge in [-0.05, 0) is 36.5 Å². The first-order valence-electron chi connectivity index (χ1n) is 5.56. The molecule has 0 aliphatic rings. The van der Waals surface area contributed by atoms with Gasteiger partial charge in [0.25, 0.3) is 0 Å². The van der Waals surface area contributed by atoms with Gasteiger partial charge in [-0.25, -0.2) is 0 Å². The Morgan fingerprint density at radius 3 is 1.79 bits per heavy atom. The van der Waals surface area contributed by atoms with Gasteiger partial charge in [0.2, 0.25) is 0 Å². The summed E-state index contributed by atoms with van der Waals surface area (Å²) in [6, 6.07) is 7.53. The average Bonchev–Trinajstić information content (AvgIpc) is 2.25. The Morgan fingerprint density at radius 1 is 1.00 bits per heavy atom. The number of rotatable bonds is 3. The van der Waals surface area contributed by atoms with Gasteiger partial charge in [0, 0.05) is 0 Å². The van der Waals surface area contributed by atoms with Gasteiger partial charge in [0.15, 0.2) is 0 Å². The fourth-order valence-corrected chi connectivity index (χ4v) is 1.51. The SMILES string of the molecule is CC.CCC(CC)c1ccc(O)cc1. The van der Waals surface area contributed by atoms with Crippen LogP contribution in [0.4, 0.5) is 0 Å². The molecule has 0 bridgehead atoms. The quantitative estimate of drug-likeness (QED) is 0.759. The Bertz CT molecular complexity index is 221. The Kier molecular flexibility index (Phi) is 6.91. The van der Waals surface area contributed by atoms with Gasteiger partial charge in [-0.15, -0.1) is 0 Å². The van der Waals surface area contributed by atoms with E-state index in [0.717, 1.165) is 0 Å². The monoisotopic (exact) mass is 194 g/mol. The first kappa shape index (κ1) is 13.0. The van der Waals surface area contributed by atoms with Crippen molar-refractivity contribution in [2.45, 2.75) is 46.5 Å². The zero-order valence-electron chi connectivity index (χ0n) is 9.75. The summed E-state index contributed by atoms with van der Waals surface area (Å²) in [6.45, 7) is 8.39. The first-order chi connectivity index (χ1) is 6.77. The lowest BCUT2D eigenvalue weighted by atomic mass is 9.94. The zero-order valence-corrected chi connectivity index (χ0v) is 9.75. The number of phenolic OH excluding ortho intramolecular Hbond substituents is 1. The van der Waals surface area contributed by atoms with Crippen LogP contribution in [0.2, 0.25) is 0 Å². The van der Waals surface area contributed by atoms with Gasteiger partial charge in [-0.2, -0.15) is 0 Å². The topological polar surface area (TPSA) is 20.2 Å². The Morgan fingerprint density at radius 2 is 1.43 bits per heavy atom. The van der Waals surface area contributed by atoms with Crippen molar-refractivity contribution in [3.8, 4) is 5.75 Å². The molecule has 0 radical (unpaired) electrons. The minimum atomic E-state index is 0.352. The molecule has 0 aliphatic carbocycles. The van der Waals surface area contributed by atoms with Crippen LogP contribution in [0, 0.1) is 0 Å². The first-order valence-corrected chi connectivity index (χ1v) is 5.56. The summed E-state index contributed by atoms with van der Waals surface area (Å²) >= 11 is 0. The fourth-order valence-electron chi connectivity index (χ4n) is 1.51. The molecule has 0 fully saturated rings. The van der Waals surface area contributed by atoms with E-state index >= 15 is 0 Å². The van der Waals surface area contributed by atoms with Gasteiger partial charge in [-0.1, -0.05) is 39.8 Å². The van der Waals surface area contributed by atoms with Crippen LogP contribution in [-0.2, 0) is 0 Å². The van der Waals surface area contributed by atoms with Gasteiger partial charge < -0.3 is 5.11 Å². The third-order valence-corrected chi connectivity index (χ3v) is 2.35. The number of hydrogen-bond donors (Lipinski definition) is 1. The van der Waals surface area contributed by atoms with Crippen molar-refractivity contribution in [2.24, 2.45) is 0 Å². The summed E-state index contributed by atoms with van der Waals surface area (Å²) in [5.74, 6) is 0.996. The van der Waals surface area contributed by atoms with Crippen LogP contribution in [0.5, 0.6) is 5.75 Å². The number of phenols is 1. The molecule has 0 amide bonds. The molecule has 80 valence electrons. The molecule has 14 heavy (non-hydrogen) atoms. The van der Waals surface area contributed by atoms with Crippen molar-refractivity contribution in [3.63, 3.8) is 0 Å². The highest BCUT2D eigenvalue weighted by Gasteiger charge is 2.05. The lowest BCUT2D eigenvalue weighted by Crippen LogP contribution is -1.93. The average molecular weight is 194 g/mol. The minimum absolute atomic E-state index is 0.352. The molecule has 0 unspecified atom stereocenters. The highest BCUT2D eigenvalue weighted by molar-refractivity contribution is 5.28. The summed E-state index contributed by atoms with van der Waals surface area (Å²) in [5.41, 5.74) is 1.33.